The first-order chi connectivity index (χ1) is 15.3. The molecule has 0 saturated heterocycles. The van der Waals surface area contributed by atoms with Crippen LogP contribution in [0.3, 0.4) is 0 Å². The van der Waals surface area contributed by atoms with Gasteiger partial charge in [-0.25, -0.2) is 4.79 Å². The molecule has 2 amide bonds. The minimum Gasteiger partial charge on any atom is -0.459 e. The Bertz CT molecular complexity index is 1130. The van der Waals surface area contributed by atoms with E-state index < -0.39 is 35.4 Å². The fourth-order valence-corrected chi connectivity index (χ4v) is 2.83. The second kappa shape index (κ2) is 10.2. The second-order valence-corrected chi connectivity index (χ2v) is 6.78. The number of nitrogens with one attached hydrogen (secondary N) is 2. The molecule has 1 atom stereocenters. The molecule has 0 aliphatic carbocycles. The first-order valence-corrected chi connectivity index (χ1v) is 9.52. The van der Waals surface area contributed by atoms with Crippen LogP contribution >= 0.6 is 11.6 Å². The summed E-state index contributed by atoms with van der Waals surface area (Å²) in [4.78, 5) is 47.4. The third-order valence-electron chi connectivity index (χ3n) is 4.17. The zero-order chi connectivity index (χ0) is 23.1. The lowest BCUT2D eigenvalue weighted by Crippen LogP contribution is -2.36. The summed E-state index contributed by atoms with van der Waals surface area (Å²) in [6.07, 6.45) is 1.31. The number of ether oxygens (including phenoxy) is 1. The molecule has 164 valence electrons. The molecule has 10 nitrogen and oxygen atoms in total. The Labute approximate surface area is 186 Å². The highest BCUT2D eigenvalue weighted by atomic mass is 35.5. The van der Waals surface area contributed by atoms with Gasteiger partial charge in [-0.1, -0.05) is 41.9 Å². The lowest BCUT2D eigenvalue weighted by molar-refractivity contribution is -0.384. The van der Waals surface area contributed by atoms with Gasteiger partial charge in [-0.2, -0.15) is 0 Å². The smallest absolute Gasteiger partial charge is 0.333 e. The lowest BCUT2D eigenvalue weighted by atomic mass is 10.1. The molecule has 1 aromatic heterocycles. The number of nitrogens with zero attached hydrogens (tertiary/aromatic N) is 1. The Hall–Kier alpha value is -4.18. The van der Waals surface area contributed by atoms with Gasteiger partial charge in [0.2, 0.25) is 0 Å². The van der Waals surface area contributed by atoms with Gasteiger partial charge in [-0.15, -0.1) is 0 Å². The number of nitro groups is 1. The number of furan rings is 1. The molecule has 11 heteroatoms. The molecular weight excluding hydrogens is 442 g/mol. The molecular formula is C21H16ClN3O7. The maximum Gasteiger partial charge on any atom is 0.333 e. The SMILES string of the molecule is O=C(COC(=O)C(NC(=O)c1ccco1)c1ccccc1)Nc1cc([N+](=O)[O-])ccc1Cl. The Morgan fingerprint density at radius 3 is 2.50 bits per heavy atom. The van der Waals surface area contributed by atoms with E-state index in [0.29, 0.717) is 5.56 Å². The van der Waals surface area contributed by atoms with Crippen molar-refractivity contribution in [3.8, 4) is 0 Å². The molecule has 0 spiro atoms. The summed E-state index contributed by atoms with van der Waals surface area (Å²) in [5.41, 5.74) is 0.152. The van der Waals surface area contributed by atoms with Crippen LogP contribution in [0, 0.1) is 10.1 Å². The summed E-state index contributed by atoms with van der Waals surface area (Å²) in [5.74, 6) is -2.31. The van der Waals surface area contributed by atoms with Crippen molar-refractivity contribution < 1.29 is 28.5 Å². The number of anilines is 1. The normalized spacial score (nSPS) is 11.3. The monoisotopic (exact) mass is 457 g/mol. The molecule has 0 aliphatic rings. The first kappa shape index (κ1) is 22.5. The predicted molar refractivity (Wildman–Crippen MR) is 113 cm³/mol. The van der Waals surface area contributed by atoms with E-state index in [0.717, 1.165) is 6.07 Å². The summed E-state index contributed by atoms with van der Waals surface area (Å²) in [7, 11) is 0. The molecule has 0 saturated carbocycles. The van der Waals surface area contributed by atoms with E-state index in [2.05, 4.69) is 10.6 Å². The first-order valence-electron chi connectivity index (χ1n) is 9.15. The number of carbonyl (C=O) groups is 3. The Morgan fingerprint density at radius 1 is 1.09 bits per heavy atom. The predicted octanol–water partition coefficient (Wildman–Crippen LogP) is 3.49. The average molecular weight is 458 g/mol. The number of non-ortho nitro benzene ring substituents is 1. The minimum atomic E-state index is -1.21. The van der Waals surface area contributed by atoms with Crippen molar-refractivity contribution in [2.45, 2.75) is 6.04 Å². The highest BCUT2D eigenvalue weighted by molar-refractivity contribution is 6.33. The molecule has 0 bridgehead atoms. The number of hydrogen-bond donors (Lipinski definition) is 2. The van der Waals surface area contributed by atoms with Gasteiger partial charge < -0.3 is 19.8 Å². The molecule has 3 rings (SSSR count). The number of hydrogen-bond acceptors (Lipinski definition) is 7. The summed E-state index contributed by atoms with van der Waals surface area (Å²) in [6.45, 7) is -0.711. The van der Waals surface area contributed by atoms with Crippen LogP contribution in [0.25, 0.3) is 0 Å². The van der Waals surface area contributed by atoms with E-state index in [-0.39, 0.29) is 22.2 Å². The van der Waals surface area contributed by atoms with Crippen molar-refractivity contribution in [2.75, 3.05) is 11.9 Å². The largest absolute Gasteiger partial charge is 0.459 e. The summed E-state index contributed by atoms with van der Waals surface area (Å²) >= 11 is 5.94. The van der Waals surface area contributed by atoms with Crippen LogP contribution in [0.5, 0.6) is 0 Å². The van der Waals surface area contributed by atoms with E-state index in [1.165, 1.54) is 30.5 Å². The quantitative estimate of drug-likeness (QED) is 0.299. The molecule has 2 N–H and O–H groups in total. The van der Waals surface area contributed by atoms with Crippen LogP contribution < -0.4 is 10.6 Å². The molecule has 1 heterocycles. The zero-order valence-corrected chi connectivity index (χ0v) is 17.1. The number of rotatable bonds is 8. The van der Waals surface area contributed by atoms with Crippen LogP contribution in [-0.4, -0.2) is 29.3 Å². The zero-order valence-electron chi connectivity index (χ0n) is 16.3. The summed E-state index contributed by atoms with van der Waals surface area (Å²) in [5, 5.41) is 15.8. The van der Waals surface area contributed by atoms with Gasteiger partial charge in [0.05, 0.1) is 21.9 Å². The number of halogens is 1. The van der Waals surface area contributed by atoms with E-state index in [1.807, 2.05) is 0 Å². The molecule has 0 aliphatic heterocycles. The van der Waals surface area contributed by atoms with Crippen LogP contribution in [0.4, 0.5) is 11.4 Å². The molecule has 1 unspecified atom stereocenters. The van der Waals surface area contributed by atoms with Gasteiger partial charge in [0.25, 0.3) is 17.5 Å². The van der Waals surface area contributed by atoms with Gasteiger partial charge in [-0.05, 0) is 23.8 Å². The maximum absolute atomic E-state index is 12.7. The number of carbonyl (C=O) groups excluding carboxylic acids is 3. The Morgan fingerprint density at radius 2 is 1.84 bits per heavy atom. The van der Waals surface area contributed by atoms with Gasteiger partial charge in [0.15, 0.2) is 18.4 Å². The van der Waals surface area contributed by atoms with Crippen molar-refractivity contribution in [3.63, 3.8) is 0 Å². The van der Waals surface area contributed by atoms with Crippen molar-refractivity contribution in [2.24, 2.45) is 0 Å². The van der Waals surface area contributed by atoms with Crippen molar-refractivity contribution in [1.82, 2.24) is 5.32 Å². The second-order valence-electron chi connectivity index (χ2n) is 6.37. The molecule has 3 aromatic rings. The van der Waals surface area contributed by atoms with Crippen molar-refractivity contribution >= 4 is 40.8 Å². The summed E-state index contributed by atoms with van der Waals surface area (Å²) < 4.78 is 10.1. The van der Waals surface area contributed by atoms with Gasteiger partial charge in [0, 0.05) is 12.1 Å². The van der Waals surface area contributed by atoms with Crippen LogP contribution in [0.15, 0.2) is 71.3 Å². The lowest BCUT2D eigenvalue weighted by Gasteiger charge is -2.17. The van der Waals surface area contributed by atoms with Gasteiger partial charge >= 0.3 is 5.97 Å². The van der Waals surface area contributed by atoms with E-state index in [1.54, 1.807) is 30.3 Å². The molecule has 32 heavy (non-hydrogen) atoms. The molecule has 2 aromatic carbocycles. The average Bonchev–Trinajstić information content (AvgIpc) is 3.33. The standard InChI is InChI=1S/C21H16ClN3O7/c22-15-9-8-14(25(29)30)11-16(15)23-18(26)12-32-21(28)19(13-5-2-1-3-6-13)24-20(27)17-7-4-10-31-17/h1-11,19H,12H2,(H,23,26)(H,24,27). The molecule has 0 radical (unpaired) electrons. The van der Waals surface area contributed by atoms with Crippen molar-refractivity contribution in [3.05, 3.63) is 93.4 Å². The van der Waals surface area contributed by atoms with Gasteiger partial charge in [-0.3, -0.25) is 19.7 Å². The minimum absolute atomic E-state index is 0.00297. The fourth-order valence-electron chi connectivity index (χ4n) is 2.66. The Kier molecular flexibility index (Phi) is 7.19. The number of esters is 1. The van der Waals surface area contributed by atoms with E-state index in [4.69, 9.17) is 20.8 Å². The highest BCUT2D eigenvalue weighted by Crippen LogP contribution is 2.26. The number of amides is 2. The third kappa shape index (κ3) is 5.70. The molecule has 0 fully saturated rings. The Balaban J connectivity index is 1.67. The number of benzene rings is 2. The summed E-state index contributed by atoms with van der Waals surface area (Å²) in [6, 6.07) is 13.6. The van der Waals surface area contributed by atoms with Crippen LogP contribution in [0.1, 0.15) is 22.2 Å². The topological polar surface area (TPSA) is 141 Å². The van der Waals surface area contributed by atoms with Gasteiger partial charge in [0.1, 0.15) is 0 Å². The maximum atomic E-state index is 12.7. The van der Waals surface area contributed by atoms with E-state index >= 15 is 0 Å². The third-order valence-corrected chi connectivity index (χ3v) is 4.50. The van der Waals surface area contributed by atoms with Crippen LogP contribution in [-0.2, 0) is 14.3 Å². The van der Waals surface area contributed by atoms with Crippen molar-refractivity contribution in [1.29, 1.82) is 0 Å². The van der Waals surface area contributed by atoms with Crippen LogP contribution in [0.2, 0.25) is 5.02 Å². The number of nitro benzene ring substituents is 1. The fraction of sp³-hybridized carbons (Fsp3) is 0.0952. The highest BCUT2D eigenvalue weighted by Gasteiger charge is 2.26. The van der Waals surface area contributed by atoms with E-state index in [9.17, 15) is 24.5 Å².